The fourth-order valence-electron chi connectivity index (χ4n) is 5.82. The van der Waals surface area contributed by atoms with Gasteiger partial charge in [0.1, 0.15) is 57.8 Å². The number of hydrogen-bond acceptors (Lipinski definition) is 19. The Balaban J connectivity index is 0.000000173. The number of carboxylic acids is 1. The van der Waals surface area contributed by atoms with E-state index in [-0.39, 0.29) is 12.5 Å². The molecule has 57 heavy (non-hydrogen) atoms. The third-order valence-electron chi connectivity index (χ3n) is 9.44. The molecule has 0 aromatic carbocycles. The first-order valence-electron chi connectivity index (χ1n) is 18.8. The molecule has 2 saturated carbocycles. The zero-order valence-electron chi connectivity index (χ0n) is 31.5. The zero-order valence-corrected chi connectivity index (χ0v) is 33.1. The number of amides is 1. The van der Waals surface area contributed by atoms with E-state index < -0.39 is 5.97 Å². The summed E-state index contributed by atoms with van der Waals surface area (Å²) < 4.78 is 0. The SMILES string of the molecule is N#Cc1cnc(Nc2cc(N3CCN(CC(=O)NCC4CC4)CC3)ncn2)s1.N#Cc1cnc(Nc2cc(N3CCN(CC(=O)O)CC3)ncn2)s1.NCC1CC1. The molecule has 6 heterocycles. The quantitative estimate of drug-likeness (QED) is 0.130. The number of nitrogens with one attached hydrogen (secondary N) is 3. The third-order valence-corrected chi connectivity index (χ3v) is 11.1. The minimum atomic E-state index is -0.808. The van der Waals surface area contributed by atoms with Gasteiger partial charge >= 0.3 is 5.97 Å². The molecule has 0 atom stereocenters. The molecule has 6 N–H and O–H groups in total. The number of carbonyl (C=O) groups is 2. The average molecular weight is 815 g/mol. The van der Waals surface area contributed by atoms with E-state index in [1.54, 1.807) is 0 Å². The van der Waals surface area contributed by atoms with Crippen molar-refractivity contribution in [3.8, 4) is 12.1 Å². The highest BCUT2D eigenvalue weighted by atomic mass is 32.1. The Labute approximate surface area is 338 Å². The Bertz CT molecular complexity index is 2010. The topological polar surface area (TPSA) is 254 Å². The number of piperazine rings is 2. The number of nitriles is 2. The summed E-state index contributed by atoms with van der Waals surface area (Å²) in [5.74, 6) is 3.79. The van der Waals surface area contributed by atoms with Gasteiger partial charge < -0.3 is 36.6 Å². The van der Waals surface area contributed by atoms with Crippen LogP contribution in [0.3, 0.4) is 0 Å². The second kappa shape index (κ2) is 20.5. The molecule has 8 rings (SSSR count). The van der Waals surface area contributed by atoms with Crippen LogP contribution in [0, 0.1) is 34.5 Å². The highest BCUT2D eigenvalue weighted by molar-refractivity contribution is 7.16. The number of carboxylic acid groups (broad SMARTS) is 1. The molecular formula is C36H46N16O3S2. The number of thiazole rings is 2. The highest BCUT2D eigenvalue weighted by Crippen LogP contribution is 2.28. The number of aromatic nitrogens is 6. The molecule has 4 aromatic rings. The maximum Gasteiger partial charge on any atom is 0.317 e. The number of rotatable bonds is 13. The lowest BCUT2D eigenvalue weighted by Gasteiger charge is -2.35. The van der Waals surface area contributed by atoms with Gasteiger partial charge in [0.25, 0.3) is 0 Å². The Kier molecular flexibility index (Phi) is 14.8. The largest absolute Gasteiger partial charge is 0.480 e. The molecule has 0 spiro atoms. The molecule has 2 aliphatic heterocycles. The molecule has 2 saturated heterocycles. The predicted molar refractivity (Wildman–Crippen MR) is 217 cm³/mol. The van der Waals surface area contributed by atoms with Gasteiger partial charge in [-0.3, -0.25) is 19.4 Å². The maximum atomic E-state index is 12.0. The van der Waals surface area contributed by atoms with Crippen molar-refractivity contribution in [1.82, 2.24) is 45.0 Å². The van der Waals surface area contributed by atoms with Gasteiger partial charge in [-0.2, -0.15) is 10.5 Å². The van der Waals surface area contributed by atoms with Gasteiger partial charge in [0.15, 0.2) is 10.3 Å². The lowest BCUT2D eigenvalue weighted by molar-refractivity contribution is -0.138. The molecule has 4 aromatic heterocycles. The van der Waals surface area contributed by atoms with Gasteiger partial charge in [0, 0.05) is 71.0 Å². The van der Waals surface area contributed by atoms with Crippen molar-refractivity contribution in [3.05, 3.63) is 46.9 Å². The molecule has 4 aliphatic rings. The van der Waals surface area contributed by atoms with Gasteiger partial charge in [0.05, 0.1) is 25.5 Å². The summed E-state index contributed by atoms with van der Waals surface area (Å²) in [4.78, 5) is 57.5. The van der Waals surface area contributed by atoms with Crippen LogP contribution in [0.15, 0.2) is 37.2 Å². The molecule has 300 valence electrons. The summed E-state index contributed by atoms with van der Waals surface area (Å²) in [6, 6.07) is 7.81. The molecule has 0 bridgehead atoms. The highest BCUT2D eigenvalue weighted by Gasteiger charge is 2.24. The molecule has 1 amide bonds. The van der Waals surface area contributed by atoms with Crippen LogP contribution in [0.2, 0.25) is 0 Å². The summed E-state index contributed by atoms with van der Waals surface area (Å²) >= 11 is 2.54. The normalized spacial score (nSPS) is 16.8. The van der Waals surface area contributed by atoms with E-state index in [2.05, 4.69) is 66.6 Å². The first kappa shape index (κ1) is 41.1. The first-order chi connectivity index (χ1) is 27.8. The molecule has 4 fully saturated rings. The first-order valence-corrected chi connectivity index (χ1v) is 20.4. The molecule has 21 heteroatoms. The van der Waals surface area contributed by atoms with Gasteiger partial charge in [0.2, 0.25) is 5.91 Å². The van der Waals surface area contributed by atoms with E-state index in [0.717, 1.165) is 56.8 Å². The molecule has 0 radical (unpaired) electrons. The number of aliphatic carboxylic acids is 1. The van der Waals surface area contributed by atoms with Crippen molar-refractivity contribution in [2.75, 3.05) is 99.0 Å². The summed E-state index contributed by atoms with van der Waals surface area (Å²) in [5, 5.41) is 37.0. The van der Waals surface area contributed by atoms with E-state index >= 15 is 0 Å². The van der Waals surface area contributed by atoms with E-state index in [0.29, 0.717) is 70.3 Å². The van der Waals surface area contributed by atoms with Gasteiger partial charge in [-0.05, 0) is 44.1 Å². The second-order valence-corrected chi connectivity index (χ2v) is 16.0. The minimum absolute atomic E-state index is 0.0652. The van der Waals surface area contributed by atoms with Crippen LogP contribution in [0.1, 0.15) is 35.4 Å². The second-order valence-electron chi connectivity index (χ2n) is 13.9. The number of nitrogens with zero attached hydrogens (tertiary/aromatic N) is 12. The van der Waals surface area contributed by atoms with E-state index in [4.69, 9.17) is 21.4 Å². The van der Waals surface area contributed by atoms with E-state index in [1.165, 1.54) is 73.4 Å². The van der Waals surface area contributed by atoms with Crippen molar-refractivity contribution < 1.29 is 14.7 Å². The standard InChI is InChI=1S/C18H22N8OS.C14H15N7O2S.C4H9N/c19-8-14-10-21-18(28-14)24-15-7-16(23-12-22-15)26-5-3-25(4-6-26)11-17(27)20-9-13-1-2-13;15-6-10-7-16-14(24-10)19-11-5-12(18-9-17-11)21-3-1-20(2-4-21)8-13(22)23;5-3-4-1-2-4/h7,10,12-13H,1-6,9,11H2,(H,20,27)(H,21,22,23,24);5,7,9H,1-4,8H2,(H,22,23)(H,16,17,18,19);4H,1-3,5H2. The van der Waals surface area contributed by atoms with Crippen LogP contribution < -0.4 is 31.5 Å². The maximum absolute atomic E-state index is 12.0. The van der Waals surface area contributed by atoms with Crippen LogP contribution in [0.5, 0.6) is 0 Å². The Hall–Kier alpha value is -5.58. The van der Waals surface area contributed by atoms with Gasteiger partial charge in [-0.25, -0.2) is 29.9 Å². The summed E-state index contributed by atoms with van der Waals surface area (Å²) in [7, 11) is 0. The molecule has 19 nitrogen and oxygen atoms in total. The molecule has 2 aliphatic carbocycles. The van der Waals surface area contributed by atoms with Crippen LogP contribution >= 0.6 is 22.7 Å². The van der Waals surface area contributed by atoms with Crippen molar-refractivity contribution in [3.63, 3.8) is 0 Å². The van der Waals surface area contributed by atoms with Gasteiger partial charge in [-0.15, -0.1) is 0 Å². The fourth-order valence-corrected chi connectivity index (χ4v) is 7.06. The molecule has 0 unspecified atom stereocenters. The lowest BCUT2D eigenvalue weighted by Crippen LogP contribution is -2.49. The van der Waals surface area contributed by atoms with Crippen molar-refractivity contribution in [1.29, 1.82) is 10.5 Å². The molecular weight excluding hydrogens is 769 g/mol. The Morgan fingerprint density at radius 2 is 1.19 bits per heavy atom. The zero-order chi connectivity index (χ0) is 40.0. The van der Waals surface area contributed by atoms with Crippen molar-refractivity contribution >= 4 is 68.1 Å². The van der Waals surface area contributed by atoms with Gasteiger partial charge in [-0.1, -0.05) is 22.7 Å². The average Bonchev–Trinajstić information content (AvgIpc) is 4.16. The van der Waals surface area contributed by atoms with E-state index in [9.17, 15) is 9.59 Å². The van der Waals surface area contributed by atoms with Crippen LogP contribution in [0.25, 0.3) is 0 Å². The predicted octanol–water partition coefficient (Wildman–Crippen LogP) is 2.31. The third kappa shape index (κ3) is 13.5. The monoisotopic (exact) mass is 814 g/mol. The van der Waals surface area contributed by atoms with Crippen LogP contribution in [0.4, 0.5) is 33.5 Å². The number of carbonyl (C=O) groups excluding carboxylic acids is 1. The Morgan fingerprint density at radius 3 is 1.58 bits per heavy atom. The smallest absolute Gasteiger partial charge is 0.317 e. The number of anilines is 6. The minimum Gasteiger partial charge on any atom is -0.480 e. The van der Waals surface area contributed by atoms with Crippen molar-refractivity contribution in [2.45, 2.75) is 25.7 Å². The van der Waals surface area contributed by atoms with Crippen LogP contribution in [-0.4, -0.2) is 135 Å². The fraction of sp³-hybridized carbons (Fsp3) is 0.500. The summed E-state index contributed by atoms with van der Waals surface area (Å²) in [5.41, 5.74) is 5.23. The van der Waals surface area contributed by atoms with E-state index in [1.807, 2.05) is 23.1 Å². The van der Waals surface area contributed by atoms with Crippen molar-refractivity contribution in [2.24, 2.45) is 17.6 Å². The number of hydrogen-bond donors (Lipinski definition) is 5. The van der Waals surface area contributed by atoms with Crippen LogP contribution in [-0.2, 0) is 9.59 Å². The Morgan fingerprint density at radius 1 is 0.719 bits per heavy atom. The summed E-state index contributed by atoms with van der Waals surface area (Å²) in [6.45, 7) is 8.30. The number of nitrogens with two attached hydrogens (primary N) is 1. The summed E-state index contributed by atoms with van der Waals surface area (Å²) in [6.07, 6.45) is 11.3. The lowest BCUT2D eigenvalue weighted by atomic mass is 10.3.